The average Bonchev–Trinajstić information content (AvgIpc) is 2.25. The summed E-state index contributed by atoms with van der Waals surface area (Å²) < 4.78 is 0. The molecule has 0 aliphatic heterocycles. The van der Waals surface area contributed by atoms with E-state index in [2.05, 4.69) is 16.0 Å². The molecule has 1 heterocycles. The summed E-state index contributed by atoms with van der Waals surface area (Å²) in [7, 11) is 0. The van der Waals surface area contributed by atoms with E-state index in [1.54, 1.807) is 0 Å². The molecule has 2 N–H and O–H groups in total. The lowest BCUT2D eigenvalue weighted by atomic mass is 10.2. The smallest absolute Gasteiger partial charge is 0.156 e. The summed E-state index contributed by atoms with van der Waals surface area (Å²) in [6, 6.07) is 8.12. The van der Waals surface area contributed by atoms with Crippen molar-refractivity contribution in [3.05, 3.63) is 41.3 Å². The highest BCUT2D eigenvalue weighted by Crippen LogP contribution is 2.32. The normalized spacial score (nSPS) is 10.4. The monoisotopic (exact) mass is 251 g/mol. The van der Waals surface area contributed by atoms with Gasteiger partial charge in [-0.05, 0) is 19.1 Å². The molecule has 0 saturated heterocycles. The third-order valence-corrected chi connectivity index (χ3v) is 3.31. The van der Waals surface area contributed by atoms with Gasteiger partial charge in [-0.15, -0.1) is 0 Å². The van der Waals surface area contributed by atoms with Gasteiger partial charge < -0.3 is 5.73 Å². The summed E-state index contributed by atoms with van der Waals surface area (Å²) in [4.78, 5) is 9.01. The van der Waals surface area contributed by atoms with Crippen molar-refractivity contribution >= 4 is 29.1 Å². The summed E-state index contributed by atoms with van der Waals surface area (Å²) >= 11 is 7.30. The zero-order valence-electron chi connectivity index (χ0n) is 8.64. The third-order valence-electron chi connectivity index (χ3n) is 2.00. The molecule has 0 aliphatic carbocycles. The highest BCUT2D eigenvalue weighted by Gasteiger charge is 2.07. The second-order valence-corrected chi connectivity index (χ2v) is 4.72. The first-order valence-electron chi connectivity index (χ1n) is 4.67. The van der Waals surface area contributed by atoms with E-state index in [1.807, 2.05) is 25.1 Å². The largest absolute Gasteiger partial charge is 0.394 e. The number of nitrogens with zero attached hydrogens (tertiary/aromatic N) is 2. The molecule has 82 valence electrons. The number of anilines is 1. The van der Waals surface area contributed by atoms with Crippen LogP contribution in [0.3, 0.4) is 0 Å². The number of aryl methyl sites for hydroxylation is 1. The summed E-state index contributed by atoms with van der Waals surface area (Å²) in [6.45, 7) is 2.04. The van der Waals surface area contributed by atoms with E-state index in [-0.39, 0.29) is 0 Å². The minimum absolute atomic E-state index is 0.296. The van der Waals surface area contributed by atoms with Gasteiger partial charge in [0.15, 0.2) is 5.15 Å². The van der Waals surface area contributed by atoms with E-state index in [1.165, 1.54) is 23.7 Å². The molecule has 0 amide bonds. The van der Waals surface area contributed by atoms with Crippen LogP contribution in [0.25, 0.3) is 0 Å². The lowest BCUT2D eigenvalue weighted by molar-refractivity contribution is 1.06. The zero-order chi connectivity index (χ0) is 11.5. The van der Waals surface area contributed by atoms with Gasteiger partial charge in [-0.1, -0.05) is 41.1 Å². The first-order valence-corrected chi connectivity index (χ1v) is 5.87. The SMILES string of the molecule is Cc1cccc(Sc2ncnc(Cl)c2N)c1. The van der Waals surface area contributed by atoms with Crippen molar-refractivity contribution in [3.63, 3.8) is 0 Å². The van der Waals surface area contributed by atoms with Crippen LogP contribution in [0.1, 0.15) is 5.56 Å². The lowest BCUT2D eigenvalue weighted by Gasteiger charge is -2.05. The fraction of sp³-hybridized carbons (Fsp3) is 0.0909. The zero-order valence-corrected chi connectivity index (χ0v) is 10.2. The molecule has 0 saturated carbocycles. The Morgan fingerprint density at radius 2 is 2.12 bits per heavy atom. The Balaban J connectivity index is 2.31. The van der Waals surface area contributed by atoms with Gasteiger partial charge in [0, 0.05) is 4.90 Å². The van der Waals surface area contributed by atoms with Crippen molar-refractivity contribution in [1.29, 1.82) is 0 Å². The van der Waals surface area contributed by atoms with Gasteiger partial charge in [-0.3, -0.25) is 0 Å². The Hall–Kier alpha value is -1.26. The highest BCUT2D eigenvalue weighted by molar-refractivity contribution is 7.99. The molecule has 16 heavy (non-hydrogen) atoms. The standard InChI is InChI=1S/C11H10ClN3S/c1-7-3-2-4-8(5-7)16-11-9(13)10(12)14-6-15-11/h2-6H,13H2,1H3. The summed E-state index contributed by atoms with van der Waals surface area (Å²) in [5.41, 5.74) is 7.42. The first kappa shape index (κ1) is 11.2. The average molecular weight is 252 g/mol. The molecule has 2 rings (SSSR count). The molecule has 0 spiro atoms. The minimum atomic E-state index is 0.296. The van der Waals surface area contributed by atoms with Crippen LogP contribution < -0.4 is 5.73 Å². The molecule has 0 radical (unpaired) electrons. The van der Waals surface area contributed by atoms with E-state index >= 15 is 0 Å². The number of rotatable bonds is 2. The van der Waals surface area contributed by atoms with Crippen molar-refractivity contribution in [2.75, 3.05) is 5.73 Å². The second-order valence-electron chi connectivity index (χ2n) is 3.30. The Bertz CT molecular complexity index is 516. The van der Waals surface area contributed by atoms with E-state index in [4.69, 9.17) is 17.3 Å². The fourth-order valence-electron chi connectivity index (χ4n) is 1.23. The van der Waals surface area contributed by atoms with Gasteiger partial charge in [-0.2, -0.15) is 0 Å². The Morgan fingerprint density at radius 3 is 2.88 bits per heavy atom. The van der Waals surface area contributed by atoms with Crippen LogP contribution >= 0.6 is 23.4 Å². The predicted molar refractivity (Wildman–Crippen MR) is 66.8 cm³/mol. The lowest BCUT2D eigenvalue weighted by Crippen LogP contribution is -1.94. The number of hydrogen-bond acceptors (Lipinski definition) is 4. The van der Waals surface area contributed by atoms with Crippen LogP contribution in [-0.2, 0) is 0 Å². The molecular weight excluding hydrogens is 242 g/mol. The van der Waals surface area contributed by atoms with E-state index < -0.39 is 0 Å². The van der Waals surface area contributed by atoms with Crippen LogP contribution in [0, 0.1) is 6.92 Å². The first-order chi connectivity index (χ1) is 7.66. The molecule has 1 aromatic carbocycles. The minimum Gasteiger partial charge on any atom is -0.394 e. The fourth-order valence-corrected chi connectivity index (χ4v) is 2.34. The summed E-state index contributed by atoms with van der Waals surface area (Å²) in [5.74, 6) is 0. The van der Waals surface area contributed by atoms with Crippen LogP contribution in [-0.4, -0.2) is 9.97 Å². The third kappa shape index (κ3) is 2.46. The summed E-state index contributed by atoms with van der Waals surface area (Å²) in [6.07, 6.45) is 1.41. The second kappa shape index (κ2) is 4.72. The van der Waals surface area contributed by atoms with Crippen molar-refractivity contribution in [3.8, 4) is 0 Å². The molecule has 3 nitrogen and oxygen atoms in total. The topological polar surface area (TPSA) is 51.8 Å². The molecule has 0 fully saturated rings. The van der Waals surface area contributed by atoms with Crippen LogP contribution in [0.2, 0.25) is 5.15 Å². The molecular formula is C11H10ClN3S. The molecule has 1 aromatic heterocycles. The molecule has 0 atom stereocenters. The molecule has 0 bridgehead atoms. The molecule has 0 unspecified atom stereocenters. The molecule has 2 aromatic rings. The number of aromatic nitrogens is 2. The van der Waals surface area contributed by atoms with Crippen molar-refractivity contribution < 1.29 is 0 Å². The number of benzene rings is 1. The van der Waals surface area contributed by atoms with Gasteiger partial charge in [0.1, 0.15) is 17.0 Å². The predicted octanol–water partition coefficient (Wildman–Crippen LogP) is 3.17. The van der Waals surface area contributed by atoms with Gasteiger partial charge >= 0.3 is 0 Å². The quantitative estimate of drug-likeness (QED) is 0.833. The maximum atomic E-state index is 5.82. The Morgan fingerprint density at radius 1 is 1.31 bits per heavy atom. The molecule has 5 heteroatoms. The van der Waals surface area contributed by atoms with Crippen LogP contribution in [0.4, 0.5) is 5.69 Å². The van der Waals surface area contributed by atoms with Crippen molar-refractivity contribution in [2.45, 2.75) is 16.8 Å². The van der Waals surface area contributed by atoms with Crippen LogP contribution in [0.5, 0.6) is 0 Å². The number of nitrogens with two attached hydrogens (primary N) is 1. The van der Waals surface area contributed by atoms with E-state index in [0.717, 1.165) is 4.90 Å². The molecule has 0 aliphatic rings. The maximum Gasteiger partial charge on any atom is 0.156 e. The van der Waals surface area contributed by atoms with Gasteiger partial charge in [0.2, 0.25) is 0 Å². The highest BCUT2D eigenvalue weighted by atomic mass is 35.5. The number of nitrogen functional groups attached to an aromatic ring is 1. The Kier molecular flexibility index (Phi) is 3.31. The van der Waals surface area contributed by atoms with Crippen molar-refractivity contribution in [1.82, 2.24) is 9.97 Å². The number of hydrogen-bond donors (Lipinski definition) is 1. The van der Waals surface area contributed by atoms with Gasteiger partial charge in [-0.25, -0.2) is 9.97 Å². The van der Waals surface area contributed by atoms with E-state index in [0.29, 0.717) is 15.9 Å². The number of halogens is 1. The Labute approximate surface area is 103 Å². The van der Waals surface area contributed by atoms with E-state index in [9.17, 15) is 0 Å². The summed E-state index contributed by atoms with van der Waals surface area (Å²) in [5, 5.41) is 0.982. The maximum absolute atomic E-state index is 5.82. The van der Waals surface area contributed by atoms with Crippen molar-refractivity contribution in [2.24, 2.45) is 0 Å². The van der Waals surface area contributed by atoms with Gasteiger partial charge in [0.05, 0.1) is 0 Å². The van der Waals surface area contributed by atoms with Gasteiger partial charge in [0.25, 0.3) is 0 Å². The van der Waals surface area contributed by atoms with Crippen LogP contribution in [0.15, 0.2) is 40.5 Å².